The Balaban J connectivity index is 1.90. The summed E-state index contributed by atoms with van der Waals surface area (Å²) in [6.45, 7) is 1.90. The molecule has 3 heterocycles. The van der Waals surface area contributed by atoms with E-state index in [4.69, 9.17) is 4.74 Å². The van der Waals surface area contributed by atoms with Gasteiger partial charge in [-0.2, -0.15) is 0 Å². The van der Waals surface area contributed by atoms with E-state index in [0.29, 0.717) is 5.56 Å². The predicted molar refractivity (Wildman–Crippen MR) is 75.6 cm³/mol. The number of rotatable bonds is 1. The number of aldehydes is 1. The van der Waals surface area contributed by atoms with Gasteiger partial charge in [0.1, 0.15) is 12.0 Å². The molecule has 1 N–H and O–H groups in total. The summed E-state index contributed by atoms with van der Waals surface area (Å²) in [5.41, 5.74) is 2.62. The molecule has 20 heavy (non-hydrogen) atoms. The Morgan fingerprint density at radius 3 is 2.90 bits per heavy atom. The summed E-state index contributed by atoms with van der Waals surface area (Å²) in [7, 11) is 0. The van der Waals surface area contributed by atoms with Crippen molar-refractivity contribution < 1.29 is 9.53 Å². The molecule has 0 amide bonds. The maximum Gasteiger partial charge on any atom is 0.152 e. The summed E-state index contributed by atoms with van der Waals surface area (Å²) in [6, 6.07) is 9.83. The quantitative estimate of drug-likeness (QED) is 0.807. The zero-order valence-electron chi connectivity index (χ0n) is 11.1. The highest BCUT2D eigenvalue weighted by molar-refractivity contribution is 5.77. The summed E-state index contributed by atoms with van der Waals surface area (Å²) >= 11 is 0. The summed E-state index contributed by atoms with van der Waals surface area (Å²) in [4.78, 5) is 11.0. The number of nitrogens with one attached hydrogen (secondary N) is 1. The van der Waals surface area contributed by atoms with Crippen molar-refractivity contribution in [2.45, 2.75) is 18.4 Å². The fraction of sp³-hybridized carbons (Fsp3) is 0.312. The minimum absolute atomic E-state index is 0.261. The maximum atomic E-state index is 11.0. The maximum absolute atomic E-state index is 11.0. The van der Waals surface area contributed by atoms with E-state index in [1.807, 2.05) is 18.2 Å². The van der Waals surface area contributed by atoms with Gasteiger partial charge >= 0.3 is 0 Å². The van der Waals surface area contributed by atoms with E-state index >= 15 is 0 Å². The van der Waals surface area contributed by atoms with Gasteiger partial charge in [0.15, 0.2) is 5.60 Å². The number of carbonyl (C=O) groups excluding carboxylic acids is 1. The molecule has 0 bridgehead atoms. The Morgan fingerprint density at radius 1 is 1.25 bits per heavy atom. The fourth-order valence-corrected chi connectivity index (χ4v) is 3.30. The first-order valence-electron chi connectivity index (χ1n) is 7.00. The molecule has 2 aromatic rings. The van der Waals surface area contributed by atoms with Crippen LogP contribution in [-0.2, 0) is 5.60 Å². The molecule has 4 nitrogen and oxygen atoms in total. The van der Waals surface area contributed by atoms with Crippen molar-refractivity contribution in [3.8, 4) is 11.4 Å². The van der Waals surface area contributed by atoms with Crippen molar-refractivity contribution in [2.24, 2.45) is 0 Å². The molecule has 0 radical (unpaired) electrons. The van der Waals surface area contributed by atoms with Crippen LogP contribution in [0.2, 0.25) is 0 Å². The van der Waals surface area contributed by atoms with E-state index in [2.05, 4.69) is 28.2 Å². The number of hydrogen-bond acceptors (Lipinski definition) is 3. The first-order chi connectivity index (χ1) is 9.82. The number of piperidine rings is 1. The highest BCUT2D eigenvalue weighted by atomic mass is 16.5. The molecule has 0 saturated carbocycles. The smallest absolute Gasteiger partial charge is 0.152 e. The van der Waals surface area contributed by atoms with E-state index < -0.39 is 0 Å². The topological polar surface area (TPSA) is 43.3 Å². The van der Waals surface area contributed by atoms with Gasteiger partial charge < -0.3 is 14.6 Å². The second kappa shape index (κ2) is 4.21. The summed E-state index contributed by atoms with van der Waals surface area (Å²) in [5.74, 6) is 0.806. The lowest BCUT2D eigenvalue weighted by Crippen LogP contribution is -2.46. The monoisotopic (exact) mass is 268 g/mol. The molecule has 0 aliphatic carbocycles. The van der Waals surface area contributed by atoms with Gasteiger partial charge in [0.25, 0.3) is 0 Å². The normalized spacial score (nSPS) is 19.0. The van der Waals surface area contributed by atoms with Gasteiger partial charge in [-0.15, -0.1) is 0 Å². The molecule has 2 aliphatic rings. The van der Waals surface area contributed by atoms with Crippen LogP contribution in [0.5, 0.6) is 5.75 Å². The molecule has 102 valence electrons. The van der Waals surface area contributed by atoms with Crippen LogP contribution >= 0.6 is 0 Å². The molecule has 0 unspecified atom stereocenters. The zero-order valence-corrected chi connectivity index (χ0v) is 11.1. The molecule has 1 aromatic carbocycles. The van der Waals surface area contributed by atoms with Crippen LogP contribution in [0.15, 0.2) is 36.5 Å². The number of benzene rings is 1. The number of nitrogens with zero attached hydrogens (tertiary/aromatic N) is 1. The largest absolute Gasteiger partial charge is 0.479 e. The summed E-state index contributed by atoms with van der Waals surface area (Å²) < 4.78 is 8.56. The molecule has 0 atom stereocenters. The number of ether oxygens (including phenoxy) is 1. The number of carbonyl (C=O) groups is 1. The average Bonchev–Trinajstić information content (AvgIpc) is 2.98. The van der Waals surface area contributed by atoms with Crippen molar-refractivity contribution in [1.82, 2.24) is 9.88 Å². The van der Waals surface area contributed by atoms with Crippen molar-refractivity contribution in [1.29, 1.82) is 0 Å². The molecule has 1 aromatic heterocycles. The van der Waals surface area contributed by atoms with Crippen molar-refractivity contribution in [3.05, 3.63) is 47.8 Å². The minimum atomic E-state index is -0.261. The number of aromatic nitrogens is 1. The zero-order chi connectivity index (χ0) is 13.6. The Kier molecular flexibility index (Phi) is 2.47. The van der Waals surface area contributed by atoms with Gasteiger partial charge in [-0.3, -0.25) is 4.79 Å². The van der Waals surface area contributed by atoms with Crippen molar-refractivity contribution >= 4 is 6.29 Å². The van der Waals surface area contributed by atoms with Crippen LogP contribution in [0.3, 0.4) is 0 Å². The van der Waals surface area contributed by atoms with Gasteiger partial charge in [0.05, 0.1) is 11.4 Å². The Labute approximate surface area is 117 Å². The SMILES string of the molecule is O=Cc1ccc2c(c1)OC1(CCNCC1)c1cccn1-2. The van der Waals surface area contributed by atoms with Crippen LogP contribution in [0, 0.1) is 0 Å². The third-order valence-corrected chi connectivity index (χ3v) is 4.31. The van der Waals surface area contributed by atoms with Gasteiger partial charge in [0.2, 0.25) is 0 Å². The first-order valence-corrected chi connectivity index (χ1v) is 7.00. The van der Waals surface area contributed by atoms with E-state index in [-0.39, 0.29) is 5.60 Å². The molecule has 4 heteroatoms. The number of hydrogen-bond donors (Lipinski definition) is 1. The molecule has 2 aliphatic heterocycles. The number of fused-ring (bicyclic) bond motifs is 4. The van der Waals surface area contributed by atoms with Crippen molar-refractivity contribution in [3.63, 3.8) is 0 Å². The lowest BCUT2D eigenvalue weighted by atomic mass is 9.87. The van der Waals surface area contributed by atoms with Crippen molar-refractivity contribution in [2.75, 3.05) is 13.1 Å². The Hall–Kier alpha value is -2.07. The molecule has 1 fully saturated rings. The Bertz CT molecular complexity index is 669. The standard InChI is InChI=1S/C16H16N2O2/c19-11-12-3-4-13-14(10-12)20-16(5-7-17-8-6-16)15-2-1-9-18(13)15/h1-4,9-11,17H,5-8H2. The molecule has 1 spiro atoms. The van der Waals surface area contributed by atoms with E-state index in [9.17, 15) is 4.79 Å². The highest BCUT2D eigenvalue weighted by Gasteiger charge is 2.42. The van der Waals surface area contributed by atoms with Crippen LogP contribution < -0.4 is 10.1 Å². The average molecular weight is 268 g/mol. The van der Waals surface area contributed by atoms with E-state index in [1.54, 1.807) is 0 Å². The van der Waals surface area contributed by atoms with Gasteiger partial charge in [-0.05, 0) is 43.4 Å². The third kappa shape index (κ3) is 1.55. The summed E-state index contributed by atoms with van der Waals surface area (Å²) in [6.07, 6.45) is 4.83. The van der Waals surface area contributed by atoms with Crippen LogP contribution in [0.4, 0.5) is 0 Å². The first kappa shape index (κ1) is 11.7. The lowest BCUT2D eigenvalue weighted by Gasteiger charge is -2.42. The van der Waals surface area contributed by atoms with Gasteiger partial charge in [0, 0.05) is 24.6 Å². The lowest BCUT2D eigenvalue weighted by molar-refractivity contribution is 0.0202. The van der Waals surface area contributed by atoms with Gasteiger partial charge in [-0.1, -0.05) is 0 Å². The Morgan fingerprint density at radius 2 is 2.10 bits per heavy atom. The minimum Gasteiger partial charge on any atom is -0.479 e. The van der Waals surface area contributed by atoms with E-state index in [1.165, 1.54) is 5.69 Å². The van der Waals surface area contributed by atoms with E-state index in [0.717, 1.165) is 43.7 Å². The summed E-state index contributed by atoms with van der Waals surface area (Å²) in [5, 5.41) is 3.38. The molecular weight excluding hydrogens is 252 g/mol. The molecule has 4 rings (SSSR count). The molecule has 1 saturated heterocycles. The van der Waals surface area contributed by atoms with Crippen LogP contribution in [0.1, 0.15) is 28.9 Å². The van der Waals surface area contributed by atoms with Crippen LogP contribution in [-0.4, -0.2) is 23.9 Å². The third-order valence-electron chi connectivity index (χ3n) is 4.31. The second-order valence-electron chi connectivity index (χ2n) is 5.45. The second-order valence-corrected chi connectivity index (χ2v) is 5.45. The van der Waals surface area contributed by atoms with Gasteiger partial charge in [-0.25, -0.2) is 0 Å². The molecular formula is C16H16N2O2. The highest BCUT2D eigenvalue weighted by Crippen LogP contribution is 2.44. The fourth-order valence-electron chi connectivity index (χ4n) is 3.30. The van der Waals surface area contributed by atoms with Crippen LogP contribution in [0.25, 0.3) is 5.69 Å². The predicted octanol–water partition coefficient (Wildman–Crippen LogP) is 2.26.